The Morgan fingerprint density at radius 2 is 1.59 bits per heavy atom. The van der Waals surface area contributed by atoms with Gasteiger partial charge in [-0.05, 0) is 48.2 Å². The summed E-state index contributed by atoms with van der Waals surface area (Å²) in [5.74, 6) is 0.660. The topological polar surface area (TPSA) is 63.0 Å². The molecule has 1 fully saturated rings. The van der Waals surface area contributed by atoms with Gasteiger partial charge in [-0.2, -0.15) is 0 Å². The fourth-order valence-corrected chi connectivity index (χ4v) is 5.01. The lowest BCUT2D eigenvalue weighted by Crippen LogP contribution is -2.47. The second-order valence-electron chi connectivity index (χ2n) is 10.1. The van der Waals surface area contributed by atoms with Crippen LogP contribution < -0.4 is 4.74 Å². The number of Topliss-reactive ketones (excluding diaryl/α,β-unsaturated/α-hetero) is 1. The van der Waals surface area contributed by atoms with Crippen LogP contribution >= 0.6 is 0 Å². The molecule has 6 nitrogen and oxygen atoms in total. The molecule has 1 aliphatic rings. The molecule has 1 aromatic heterocycles. The highest BCUT2D eigenvalue weighted by molar-refractivity contribution is 6.03. The van der Waals surface area contributed by atoms with Crippen LogP contribution in [0.1, 0.15) is 54.1 Å². The third kappa shape index (κ3) is 6.13. The molecule has 1 unspecified atom stereocenters. The molecule has 0 bridgehead atoms. The Morgan fingerprint density at radius 1 is 0.923 bits per heavy atom. The van der Waals surface area contributed by atoms with Crippen molar-refractivity contribution >= 4 is 28.2 Å². The zero-order valence-corrected chi connectivity index (χ0v) is 22.7. The number of benzene rings is 3. The van der Waals surface area contributed by atoms with E-state index in [1.807, 2.05) is 67.3 Å². The number of furan rings is 1. The van der Waals surface area contributed by atoms with Crippen molar-refractivity contribution in [3.63, 3.8) is 0 Å². The van der Waals surface area contributed by atoms with Gasteiger partial charge in [0, 0.05) is 51.1 Å². The highest BCUT2D eigenvalue weighted by atomic mass is 16.5. The van der Waals surface area contributed by atoms with Crippen molar-refractivity contribution in [2.45, 2.75) is 33.4 Å². The van der Waals surface area contributed by atoms with Crippen molar-refractivity contribution < 1.29 is 18.7 Å². The van der Waals surface area contributed by atoms with Crippen molar-refractivity contribution in [3.8, 4) is 5.75 Å². The minimum Gasteiger partial charge on any atom is -0.482 e. The Bertz CT molecular complexity index is 1480. The van der Waals surface area contributed by atoms with Gasteiger partial charge in [0.2, 0.25) is 5.91 Å². The van der Waals surface area contributed by atoms with E-state index in [9.17, 15) is 9.59 Å². The van der Waals surface area contributed by atoms with Gasteiger partial charge in [0.15, 0.2) is 22.9 Å². The third-order valence-electron chi connectivity index (χ3n) is 7.26. The molecule has 0 N–H and O–H groups in total. The summed E-state index contributed by atoms with van der Waals surface area (Å²) >= 11 is 0. The number of carbonyl (C=O) groups excluding carboxylic acids is 2. The lowest BCUT2D eigenvalue weighted by Gasteiger charge is -2.34. The molecular weight excluding hydrogens is 488 g/mol. The molecule has 4 aromatic rings. The van der Waals surface area contributed by atoms with Gasteiger partial charge in [-0.1, -0.05) is 66.7 Å². The standard InChI is InChI=1S/C33H34N2O4/c1-23(20-32(37)35-18-16-34(17-19-35)22-26-10-6-4-7-11-26)28-14-15-30(33-29(28)21-31(39-33)24(2)36)38-25(3)27-12-8-5-9-13-27/h4-15,20-21,25H,16-19,22H2,1-3H3/b23-20-. The number of ketones is 1. The molecule has 1 saturated heterocycles. The van der Waals surface area contributed by atoms with Crippen LogP contribution in [0.25, 0.3) is 16.5 Å². The minimum atomic E-state index is -0.204. The molecule has 0 spiro atoms. The SMILES string of the molecule is CC(=O)c1cc2c(/C(C)=C\C(=O)N3CCN(Cc4ccccc4)CC3)ccc(OC(C)c3ccccc3)c2o1. The number of hydrogen-bond donors (Lipinski definition) is 0. The molecule has 2 heterocycles. The Kier molecular flexibility index (Phi) is 7.94. The van der Waals surface area contributed by atoms with Gasteiger partial charge in [0.1, 0.15) is 6.10 Å². The number of piperazine rings is 1. The van der Waals surface area contributed by atoms with Crippen LogP contribution in [0.15, 0.2) is 89.4 Å². The van der Waals surface area contributed by atoms with Crippen LogP contribution in [-0.2, 0) is 11.3 Å². The average Bonchev–Trinajstić information content (AvgIpc) is 3.41. The van der Waals surface area contributed by atoms with Crippen LogP contribution in [0.5, 0.6) is 5.75 Å². The molecule has 3 aromatic carbocycles. The maximum Gasteiger partial charge on any atom is 0.246 e. The number of amides is 1. The molecule has 5 rings (SSSR count). The van der Waals surface area contributed by atoms with Gasteiger partial charge in [-0.15, -0.1) is 0 Å². The van der Waals surface area contributed by atoms with Crippen molar-refractivity contribution in [1.29, 1.82) is 0 Å². The number of allylic oxidation sites excluding steroid dienone is 1. The highest BCUT2D eigenvalue weighted by Crippen LogP contribution is 2.37. The molecular formula is C33H34N2O4. The third-order valence-corrected chi connectivity index (χ3v) is 7.26. The predicted molar refractivity (Wildman–Crippen MR) is 154 cm³/mol. The van der Waals surface area contributed by atoms with Gasteiger partial charge < -0.3 is 14.1 Å². The highest BCUT2D eigenvalue weighted by Gasteiger charge is 2.22. The van der Waals surface area contributed by atoms with Gasteiger partial charge in [0.05, 0.1) is 0 Å². The summed E-state index contributed by atoms with van der Waals surface area (Å²) in [6, 6.07) is 25.9. The maximum absolute atomic E-state index is 13.2. The molecule has 0 radical (unpaired) electrons. The molecule has 1 aliphatic heterocycles. The summed E-state index contributed by atoms with van der Waals surface area (Å²) in [6.07, 6.45) is 1.49. The molecule has 6 heteroatoms. The number of fused-ring (bicyclic) bond motifs is 1. The fraction of sp³-hybridized carbons (Fsp3) is 0.273. The number of carbonyl (C=O) groups is 2. The Morgan fingerprint density at radius 3 is 2.26 bits per heavy atom. The minimum absolute atomic E-state index is 0.00618. The summed E-state index contributed by atoms with van der Waals surface area (Å²) in [4.78, 5) is 29.6. The van der Waals surface area contributed by atoms with Gasteiger partial charge in [-0.25, -0.2) is 0 Å². The van der Waals surface area contributed by atoms with Gasteiger partial charge >= 0.3 is 0 Å². The number of ether oxygens (including phenoxy) is 1. The quantitative estimate of drug-likeness (QED) is 0.195. The van der Waals surface area contributed by atoms with Gasteiger partial charge in [-0.3, -0.25) is 14.5 Å². The van der Waals surface area contributed by atoms with Crippen molar-refractivity contribution in [1.82, 2.24) is 9.80 Å². The van der Waals surface area contributed by atoms with Crippen LogP contribution in [-0.4, -0.2) is 47.7 Å². The van der Waals surface area contributed by atoms with E-state index in [-0.39, 0.29) is 23.6 Å². The first kappa shape index (κ1) is 26.4. The van der Waals surface area contributed by atoms with Crippen LogP contribution in [0, 0.1) is 0 Å². The van der Waals surface area contributed by atoms with Crippen LogP contribution in [0.2, 0.25) is 0 Å². The summed E-state index contributed by atoms with van der Waals surface area (Å²) < 4.78 is 12.2. The Labute approximate surface area is 229 Å². The second-order valence-corrected chi connectivity index (χ2v) is 10.1. The van der Waals surface area contributed by atoms with Crippen LogP contribution in [0.3, 0.4) is 0 Å². The summed E-state index contributed by atoms with van der Waals surface area (Å²) in [5, 5.41) is 0.757. The molecule has 1 atom stereocenters. The molecule has 0 saturated carbocycles. The first-order valence-electron chi connectivity index (χ1n) is 13.4. The van der Waals surface area contributed by atoms with Crippen molar-refractivity contribution in [3.05, 3.63) is 107 Å². The monoisotopic (exact) mass is 522 g/mol. The van der Waals surface area contributed by atoms with E-state index in [2.05, 4.69) is 29.2 Å². The Balaban J connectivity index is 1.33. The summed E-state index contributed by atoms with van der Waals surface area (Å²) in [6.45, 7) is 9.34. The lowest BCUT2D eigenvalue weighted by molar-refractivity contribution is -0.127. The molecule has 200 valence electrons. The van der Waals surface area contributed by atoms with E-state index in [1.165, 1.54) is 12.5 Å². The smallest absolute Gasteiger partial charge is 0.246 e. The average molecular weight is 523 g/mol. The van der Waals surface area contributed by atoms with Gasteiger partial charge in [0.25, 0.3) is 0 Å². The first-order valence-corrected chi connectivity index (χ1v) is 13.4. The molecule has 0 aliphatic carbocycles. The molecule has 1 amide bonds. The number of rotatable bonds is 8. The van der Waals surface area contributed by atoms with E-state index in [1.54, 1.807) is 12.1 Å². The van der Waals surface area contributed by atoms with E-state index >= 15 is 0 Å². The predicted octanol–water partition coefficient (Wildman–Crippen LogP) is 6.52. The van der Waals surface area contributed by atoms with Crippen LogP contribution in [0.4, 0.5) is 0 Å². The van der Waals surface area contributed by atoms with E-state index in [0.717, 1.165) is 41.7 Å². The number of nitrogens with zero attached hydrogens (tertiary/aromatic N) is 2. The largest absolute Gasteiger partial charge is 0.482 e. The summed E-state index contributed by atoms with van der Waals surface area (Å²) in [5.41, 5.74) is 4.49. The van der Waals surface area contributed by atoms with E-state index in [0.29, 0.717) is 24.4 Å². The zero-order chi connectivity index (χ0) is 27.4. The fourth-order valence-electron chi connectivity index (χ4n) is 5.01. The number of hydrogen-bond acceptors (Lipinski definition) is 5. The van der Waals surface area contributed by atoms with E-state index < -0.39 is 0 Å². The second kappa shape index (κ2) is 11.7. The zero-order valence-electron chi connectivity index (χ0n) is 22.7. The lowest BCUT2D eigenvalue weighted by atomic mass is 10.0. The normalized spacial score (nSPS) is 15.4. The maximum atomic E-state index is 13.2. The first-order chi connectivity index (χ1) is 18.9. The van der Waals surface area contributed by atoms with Crippen molar-refractivity contribution in [2.24, 2.45) is 0 Å². The molecule has 39 heavy (non-hydrogen) atoms. The summed E-state index contributed by atoms with van der Waals surface area (Å²) in [7, 11) is 0. The van der Waals surface area contributed by atoms with Crippen molar-refractivity contribution in [2.75, 3.05) is 26.2 Å². The Hall–Kier alpha value is -4.16. The van der Waals surface area contributed by atoms with E-state index in [4.69, 9.17) is 9.15 Å².